The van der Waals surface area contributed by atoms with Crippen molar-refractivity contribution in [3.63, 3.8) is 0 Å². The maximum absolute atomic E-state index is 12.4. The Morgan fingerprint density at radius 3 is 2.95 bits per heavy atom. The summed E-state index contributed by atoms with van der Waals surface area (Å²) in [5.74, 6) is 1.36. The fourth-order valence-corrected chi connectivity index (χ4v) is 2.91. The summed E-state index contributed by atoms with van der Waals surface area (Å²) in [6.45, 7) is 7.19. The summed E-state index contributed by atoms with van der Waals surface area (Å²) < 4.78 is 5.31. The molecule has 2 aliphatic heterocycles. The number of nitrogens with zero attached hydrogens (tertiary/aromatic N) is 4. The molecule has 3 heterocycles. The summed E-state index contributed by atoms with van der Waals surface area (Å²) in [5, 5.41) is 0. The predicted molar refractivity (Wildman–Crippen MR) is 78.0 cm³/mol. The van der Waals surface area contributed by atoms with Crippen LogP contribution in [0.15, 0.2) is 12.3 Å². The van der Waals surface area contributed by atoms with E-state index in [-0.39, 0.29) is 11.8 Å². The van der Waals surface area contributed by atoms with E-state index < -0.39 is 0 Å². The number of carbonyl (C=O) groups is 1. The minimum Gasteiger partial charge on any atom is -0.379 e. The summed E-state index contributed by atoms with van der Waals surface area (Å²) in [6, 6.07) is 1.90. The predicted octanol–water partition coefficient (Wildman–Crippen LogP) is 0.433. The summed E-state index contributed by atoms with van der Waals surface area (Å²) in [4.78, 5) is 25.3. The van der Waals surface area contributed by atoms with Gasteiger partial charge in [0, 0.05) is 44.0 Å². The van der Waals surface area contributed by atoms with Crippen LogP contribution < -0.4 is 0 Å². The maximum Gasteiger partial charge on any atom is 0.236 e. The van der Waals surface area contributed by atoms with Crippen molar-refractivity contribution in [1.82, 2.24) is 19.8 Å². The van der Waals surface area contributed by atoms with Gasteiger partial charge in [-0.05, 0) is 19.4 Å². The fraction of sp³-hybridized carbons (Fsp3) is 0.667. The fourth-order valence-electron chi connectivity index (χ4n) is 2.91. The van der Waals surface area contributed by atoms with E-state index in [4.69, 9.17) is 4.74 Å². The minimum absolute atomic E-state index is 0.215. The zero-order valence-corrected chi connectivity index (χ0v) is 12.5. The second-order valence-electron chi connectivity index (χ2n) is 5.77. The van der Waals surface area contributed by atoms with Gasteiger partial charge in [-0.25, -0.2) is 9.97 Å². The summed E-state index contributed by atoms with van der Waals surface area (Å²) in [7, 11) is 0. The molecular formula is C15H22N4O2. The molecule has 0 saturated carbocycles. The van der Waals surface area contributed by atoms with E-state index in [2.05, 4.69) is 14.9 Å². The number of rotatable bonds is 3. The molecule has 2 saturated heterocycles. The van der Waals surface area contributed by atoms with Crippen LogP contribution in [0, 0.1) is 6.92 Å². The van der Waals surface area contributed by atoms with Gasteiger partial charge in [0.2, 0.25) is 5.91 Å². The molecule has 6 nitrogen and oxygen atoms in total. The first kappa shape index (κ1) is 14.4. The molecule has 1 unspecified atom stereocenters. The SMILES string of the molecule is Cc1ccnc(C2CCN(C(=O)CN3CCOCC3)C2)n1. The summed E-state index contributed by atoms with van der Waals surface area (Å²) >= 11 is 0. The monoisotopic (exact) mass is 290 g/mol. The van der Waals surface area contributed by atoms with Crippen LogP contribution in [0.2, 0.25) is 0 Å². The Labute approximate surface area is 125 Å². The topological polar surface area (TPSA) is 58.6 Å². The molecule has 0 bridgehead atoms. The van der Waals surface area contributed by atoms with E-state index in [1.54, 1.807) is 6.20 Å². The molecular weight excluding hydrogens is 268 g/mol. The first-order valence-electron chi connectivity index (χ1n) is 7.60. The molecule has 0 spiro atoms. The highest BCUT2D eigenvalue weighted by Crippen LogP contribution is 2.24. The highest BCUT2D eigenvalue weighted by atomic mass is 16.5. The van der Waals surface area contributed by atoms with Crippen LogP contribution >= 0.6 is 0 Å². The van der Waals surface area contributed by atoms with E-state index >= 15 is 0 Å². The second kappa shape index (κ2) is 6.49. The van der Waals surface area contributed by atoms with Gasteiger partial charge < -0.3 is 9.64 Å². The molecule has 0 aromatic carbocycles. The molecule has 1 aromatic rings. The Bertz CT molecular complexity index is 502. The summed E-state index contributed by atoms with van der Waals surface area (Å²) in [5.41, 5.74) is 0.984. The molecule has 1 amide bonds. The molecule has 21 heavy (non-hydrogen) atoms. The largest absolute Gasteiger partial charge is 0.379 e. The van der Waals surface area contributed by atoms with Crippen LogP contribution in [-0.4, -0.2) is 71.6 Å². The Morgan fingerprint density at radius 1 is 1.38 bits per heavy atom. The van der Waals surface area contributed by atoms with Crippen LogP contribution in [0.3, 0.4) is 0 Å². The van der Waals surface area contributed by atoms with Crippen LogP contribution in [0.1, 0.15) is 23.9 Å². The van der Waals surface area contributed by atoms with Crippen molar-refractivity contribution in [2.75, 3.05) is 45.9 Å². The average Bonchev–Trinajstić information content (AvgIpc) is 2.98. The van der Waals surface area contributed by atoms with Crippen LogP contribution in [0.25, 0.3) is 0 Å². The Balaban J connectivity index is 1.55. The zero-order chi connectivity index (χ0) is 14.7. The van der Waals surface area contributed by atoms with Gasteiger partial charge in [-0.1, -0.05) is 0 Å². The van der Waals surface area contributed by atoms with Gasteiger partial charge in [-0.2, -0.15) is 0 Å². The number of aromatic nitrogens is 2. The van der Waals surface area contributed by atoms with Gasteiger partial charge >= 0.3 is 0 Å². The molecule has 114 valence electrons. The van der Waals surface area contributed by atoms with Crippen molar-refractivity contribution in [2.24, 2.45) is 0 Å². The minimum atomic E-state index is 0.215. The molecule has 2 aliphatic rings. The van der Waals surface area contributed by atoms with Crippen molar-refractivity contribution in [1.29, 1.82) is 0 Å². The van der Waals surface area contributed by atoms with E-state index in [1.165, 1.54) is 0 Å². The van der Waals surface area contributed by atoms with Crippen molar-refractivity contribution >= 4 is 5.91 Å². The Morgan fingerprint density at radius 2 is 2.19 bits per heavy atom. The molecule has 0 radical (unpaired) electrons. The first-order chi connectivity index (χ1) is 10.2. The van der Waals surface area contributed by atoms with Crippen LogP contribution in [0.4, 0.5) is 0 Å². The molecule has 0 N–H and O–H groups in total. The van der Waals surface area contributed by atoms with E-state index in [0.29, 0.717) is 6.54 Å². The second-order valence-corrected chi connectivity index (χ2v) is 5.77. The van der Waals surface area contributed by atoms with Gasteiger partial charge in [-0.15, -0.1) is 0 Å². The number of hydrogen-bond donors (Lipinski definition) is 0. The normalized spacial score (nSPS) is 23.5. The lowest BCUT2D eigenvalue weighted by Gasteiger charge is -2.28. The van der Waals surface area contributed by atoms with Crippen molar-refractivity contribution in [2.45, 2.75) is 19.3 Å². The number of ether oxygens (including phenoxy) is 1. The number of aryl methyl sites for hydroxylation is 1. The van der Waals surface area contributed by atoms with Crippen molar-refractivity contribution in [3.8, 4) is 0 Å². The van der Waals surface area contributed by atoms with Crippen LogP contribution in [0.5, 0.6) is 0 Å². The lowest BCUT2D eigenvalue weighted by Crippen LogP contribution is -2.44. The third-order valence-corrected chi connectivity index (χ3v) is 4.18. The molecule has 6 heteroatoms. The third kappa shape index (κ3) is 3.57. The standard InChI is InChI=1S/C15H22N4O2/c1-12-2-4-16-15(17-12)13-3-5-19(10-13)14(20)11-18-6-8-21-9-7-18/h2,4,13H,3,5-11H2,1H3. The van der Waals surface area contributed by atoms with Gasteiger partial charge in [-0.3, -0.25) is 9.69 Å². The summed E-state index contributed by atoms with van der Waals surface area (Å²) in [6.07, 6.45) is 2.76. The molecule has 1 aromatic heterocycles. The number of morpholine rings is 1. The lowest BCUT2D eigenvalue weighted by atomic mass is 10.1. The lowest BCUT2D eigenvalue weighted by molar-refractivity contribution is -0.132. The van der Waals surface area contributed by atoms with Gasteiger partial charge in [0.15, 0.2) is 0 Å². The smallest absolute Gasteiger partial charge is 0.236 e. The van der Waals surface area contributed by atoms with E-state index in [1.807, 2.05) is 17.9 Å². The number of hydrogen-bond acceptors (Lipinski definition) is 5. The van der Waals surface area contributed by atoms with Crippen molar-refractivity contribution in [3.05, 3.63) is 23.8 Å². The Hall–Kier alpha value is -1.53. The third-order valence-electron chi connectivity index (χ3n) is 4.18. The number of carbonyl (C=O) groups excluding carboxylic acids is 1. The van der Waals surface area contributed by atoms with Gasteiger partial charge in [0.25, 0.3) is 0 Å². The van der Waals surface area contributed by atoms with Crippen LogP contribution in [-0.2, 0) is 9.53 Å². The molecule has 1 atom stereocenters. The van der Waals surface area contributed by atoms with Crippen molar-refractivity contribution < 1.29 is 9.53 Å². The molecule has 0 aliphatic carbocycles. The Kier molecular flexibility index (Phi) is 4.45. The number of likely N-dealkylation sites (tertiary alicyclic amines) is 1. The average molecular weight is 290 g/mol. The zero-order valence-electron chi connectivity index (χ0n) is 12.5. The quantitative estimate of drug-likeness (QED) is 0.808. The van der Waals surface area contributed by atoms with Gasteiger partial charge in [0.05, 0.1) is 19.8 Å². The highest BCUT2D eigenvalue weighted by molar-refractivity contribution is 5.78. The maximum atomic E-state index is 12.4. The van der Waals surface area contributed by atoms with E-state index in [9.17, 15) is 4.79 Å². The highest BCUT2D eigenvalue weighted by Gasteiger charge is 2.29. The molecule has 2 fully saturated rings. The van der Waals surface area contributed by atoms with Gasteiger partial charge in [0.1, 0.15) is 5.82 Å². The number of amides is 1. The first-order valence-corrected chi connectivity index (χ1v) is 7.60. The van der Waals surface area contributed by atoms with E-state index in [0.717, 1.165) is 57.3 Å². The molecule has 3 rings (SSSR count).